The molecule has 7 heteroatoms. The Kier molecular flexibility index (Phi) is 5.91. The highest BCUT2D eigenvalue weighted by molar-refractivity contribution is 5.91. The van der Waals surface area contributed by atoms with Gasteiger partial charge >= 0.3 is 12.1 Å². The highest BCUT2D eigenvalue weighted by Gasteiger charge is 2.49. The van der Waals surface area contributed by atoms with Gasteiger partial charge < -0.3 is 20.5 Å². The van der Waals surface area contributed by atoms with Crippen molar-refractivity contribution < 1.29 is 24.2 Å². The molecule has 0 saturated heterocycles. The Morgan fingerprint density at radius 3 is 2.12 bits per heavy atom. The molecule has 2 aromatic carbocycles. The van der Waals surface area contributed by atoms with Crippen molar-refractivity contribution >= 4 is 18.0 Å². The van der Waals surface area contributed by atoms with E-state index in [1.165, 1.54) is 6.92 Å². The fourth-order valence-electron chi connectivity index (χ4n) is 4.47. The van der Waals surface area contributed by atoms with Crippen molar-refractivity contribution in [2.24, 2.45) is 5.92 Å². The van der Waals surface area contributed by atoms with Gasteiger partial charge in [-0.25, -0.2) is 9.59 Å². The zero-order valence-electron chi connectivity index (χ0n) is 18.3. The Hall–Kier alpha value is -3.35. The molecule has 32 heavy (non-hydrogen) atoms. The molecule has 2 amide bonds. The molecule has 1 fully saturated rings. The molecule has 1 saturated carbocycles. The van der Waals surface area contributed by atoms with Crippen LogP contribution in [0.1, 0.15) is 50.2 Å². The molecular weight excluding hydrogens is 408 g/mol. The molecule has 3 N–H and O–H groups in total. The van der Waals surface area contributed by atoms with Gasteiger partial charge in [0.25, 0.3) is 0 Å². The molecule has 0 bridgehead atoms. The molecule has 2 aromatic rings. The summed E-state index contributed by atoms with van der Waals surface area (Å²) in [4.78, 5) is 36.9. The van der Waals surface area contributed by atoms with E-state index in [4.69, 9.17) is 4.74 Å². The van der Waals surface area contributed by atoms with Gasteiger partial charge in [0.15, 0.2) is 0 Å². The van der Waals surface area contributed by atoms with E-state index in [1.807, 2.05) is 36.4 Å². The van der Waals surface area contributed by atoms with E-state index in [0.717, 1.165) is 35.1 Å². The van der Waals surface area contributed by atoms with Gasteiger partial charge in [-0.05, 0) is 54.4 Å². The fourth-order valence-corrected chi connectivity index (χ4v) is 4.47. The summed E-state index contributed by atoms with van der Waals surface area (Å²) in [7, 11) is 0. The van der Waals surface area contributed by atoms with Gasteiger partial charge in [0.1, 0.15) is 18.2 Å². The largest absolute Gasteiger partial charge is 0.480 e. The third-order valence-electron chi connectivity index (χ3n) is 6.58. The van der Waals surface area contributed by atoms with E-state index in [9.17, 15) is 19.5 Å². The van der Waals surface area contributed by atoms with Gasteiger partial charge in [-0.15, -0.1) is 0 Å². The molecule has 7 nitrogen and oxygen atoms in total. The lowest BCUT2D eigenvalue weighted by Crippen LogP contribution is -2.59. The minimum atomic E-state index is -1.33. The van der Waals surface area contributed by atoms with Gasteiger partial charge in [0.05, 0.1) is 0 Å². The van der Waals surface area contributed by atoms with Crippen molar-refractivity contribution in [2.45, 2.75) is 50.6 Å². The Balaban J connectivity index is 1.39. The number of benzene rings is 2. The number of hydrogen-bond donors (Lipinski definition) is 3. The summed E-state index contributed by atoms with van der Waals surface area (Å²) in [6, 6.07) is 15.2. The number of carbonyl (C=O) groups excluding carboxylic acids is 2. The lowest BCUT2D eigenvalue weighted by Gasteiger charge is -2.28. The predicted octanol–water partition coefficient (Wildman–Crippen LogP) is 3.67. The number of carboxylic acid groups (broad SMARTS) is 1. The van der Waals surface area contributed by atoms with Crippen LogP contribution in [0, 0.1) is 5.92 Å². The van der Waals surface area contributed by atoms with Gasteiger partial charge in [-0.2, -0.15) is 0 Å². The molecule has 0 aliphatic heterocycles. The lowest BCUT2D eigenvalue weighted by atomic mass is 9.95. The van der Waals surface area contributed by atoms with E-state index >= 15 is 0 Å². The Morgan fingerprint density at radius 1 is 1.06 bits per heavy atom. The normalized spacial score (nSPS) is 17.4. The van der Waals surface area contributed by atoms with E-state index in [-0.39, 0.29) is 18.4 Å². The second-order valence-corrected chi connectivity index (χ2v) is 8.70. The zero-order chi connectivity index (χ0) is 22.9. The van der Waals surface area contributed by atoms with Gasteiger partial charge in [0, 0.05) is 5.92 Å². The predicted molar refractivity (Wildman–Crippen MR) is 119 cm³/mol. The molecule has 2 aliphatic carbocycles. The molecule has 2 aliphatic rings. The van der Waals surface area contributed by atoms with E-state index in [2.05, 4.69) is 22.8 Å². The summed E-state index contributed by atoms with van der Waals surface area (Å²) >= 11 is 0. The van der Waals surface area contributed by atoms with Gasteiger partial charge in [0.2, 0.25) is 5.91 Å². The van der Waals surface area contributed by atoms with Crippen LogP contribution < -0.4 is 10.6 Å². The molecule has 0 spiro atoms. The zero-order valence-corrected chi connectivity index (χ0v) is 18.3. The smallest absolute Gasteiger partial charge is 0.407 e. The molecule has 2 unspecified atom stereocenters. The number of hydrogen-bond acceptors (Lipinski definition) is 4. The standard InChI is InChI=1S/C25H28N2O5/c1-3-21(22(28)27-25(2,23(29)30)15-12-13-15)26-24(31)32-14-20-18-10-6-4-8-16(18)17-9-5-7-11-19(17)20/h4-11,15,20-21H,3,12-14H2,1-2H3,(H,26,31)(H,27,28)(H,29,30). The van der Waals surface area contributed by atoms with Crippen LogP contribution in [-0.4, -0.2) is 41.3 Å². The molecule has 2 atom stereocenters. The molecule has 4 rings (SSSR count). The number of rotatable bonds is 8. The number of amides is 2. The minimum absolute atomic E-state index is 0.0766. The maximum absolute atomic E-state index is 12.7. The summed E-state index contributed by atoms with van der Waals surface area (Å²) in [5, 5.41) is 14.8. The molecule has 0 radical (unpaired) electrons. The molecular formula is C25H28N2O5. The van der Waals surface area contributed by atoms with Crippen LogP contribution in [0.15, 0.2) is 48.5 Å². The fraction of sp³-hybridized carbons (Fsp3) is 0.400. The highest BCUT2D eigenvalue weighted by atomic mass is 16.5. The van der Waals surface area contributed by atoms with Crippen molar-refractivity contribution in [1.29, 1.82) is 0 Å². The summed E-state index contributed by atoms with van der Waals surface area (Å²) in [6.07, 6.45) is 1.15. The number of carboxylic acids is 1. The second-order valence-electron chi connectivity index (χ2n) is 8.70. The number of fused-ring (bicyclic) bond motifs is 3. The van der Waals surface area contributed by atoms with Crippen molar-refractivity contribution in [1.82, 2.24) is 10.6 Å². The van der Waals surface area contributed by atoms with Crippen molar-refractivity contribution in [3.63, 3.8) is 0 Å². The van der Waals surface area contributed by atoms with E-state index in [1.54, 1.807) is 6.92 Å². The van der Waals surface area contributed by atoms with Crippen LogP contribution in [0.4, 0.5) is 4.79 Å². The Morgan fingerprint density at radius 2 is 1.62 bits per heavy atom. The molecule has 0 aromatic heterocycles. The first kappa shape index (κ1) is 21.9. The van der Waals surface area contributed by atoms with E-state index in [0.29, 0.717) is 6.42 Å². The summed E-state index contributed by atoms with van der Waals surface area (Å²) in [6.45, 7) is 3.42. The van der Waals surface area contributed by atoms with Crippen molar-refractivity contribution in [3.8, 4) is 11.1 Å². The first-order valence-electron chi connectivity index (χ1n) is 11.0. The monoisotopic (exact) mass is 436 g/mol. The average molecular weight is 437 g/mol. The summed E-state index contributed by atoms with van der Waals surface area (Å²) in [5.41, 5.74) is 3.15. The van der Waals surface area contributed by atoms with Crippen LogP contribution in [0.25, 0.3) is 11.1 Å². The SMILES string of the molecule is CCC(NC(=O)OCC1c2ccccc2-c2ccccc21)C(=O)NC(C)(C(=O)O)C1CC1. The Labute approximate surface area is 187 Å². The molecule has 168 valence electrons. The number of ether oxygens (including phenoxy) is 1. The molecule has 0 heterocycles. The number of nitrogens with one attached hydrogen (secondary N) is 2. The van der Waals surface area contributed by atoms with Gasteiger partial charge in [-0.3, -0.25) is 4.79 Å². The number of carbonyl (C=O) groups is 3. The summed E-state index contributed by atoms with van der Waals surface area (Å²) in [5.74, 6) is -1.75. The van der Waals surface area contributed by atoms with Crippen molar-refractivity contribution in [2.75, 3.05) is 6.61 Å². The maximum Gasteiger partial charge on any atom is 0.407 e. The van der Waals surface area contributed by atoms with Gasteiger partial charge in [-0.1, -0.05) is 55.5 Å². The topological polar surface area (TPSA) is 105 Å². The highest BCUT2D eigenvalue weighted by Crippen LogP contribution is 2.44. The average Bonchev–Trinajstić information content (AvgIpc) is 3.59. The third kappa shape index (κ3) is 4.07. The number of alkyl carbamates (subject to hydrolysis) is 1. The van der Waals surface area contributed by atoms with E-state index < -0.39 is 29.6 Å². The quantitative estimate of drug-likeness (QED) is 0.586. The Bertz CT molecular complexity index is 1000. The first-order chi connectivity index (χ1) is 15.3. The maximum atomic E-state index is 12.7. The lowest BCUT2D eigenvalue weighted by molar-refractivity contribution is -0.148. The van der Waals surface area contributed by atoms with Crippen LogP contribution in [0.5, 0.6) is 0 Å². The minimum Gasteiger partial charge on any atom is -0.480 e. The van der Waals surface area contributed by atoms with Crippen LogP contribution in [0.2, 0.25) is 0 Å². The van der Waals surface area contributed by atoms with Crippen LogP contribution >= 0.6 is 0 Å². The summed E-state index contributed by atoms with van der Waals surface area (Å²) < 4.78 is 5.51. The van der Waals surface area contributed by atoms with Crippen LogP contribution in [0.3, 0.4) is 0 Å². The third-order valence-corrected chi connectivity index (χ3v) is 6.58. The number of aliphatic carboxylic acids is 1. The van der Waals surface area contributed by atoms with Crippen molar-refractivity contribution in [3.05, 3.63) is 59.7 Å². The van der Waals surface area contributed by atoms with Crippen LogP contribution in [-0.2, 0) is 14.3 Å². The first-order valence-corrected chi connectivity index (χ1v) is 11.0. The second kappa shape index (κ2) is 8.65.